The summed E-state index contributed by atoms with van der Waals surface area (Å²) in [4.78, 5) is 0. The lowest BCUT2D eigenvalue weighted by Gasteiger charge is -1.89. The second kappa shape index (κ2) is 5.59. The summed E-state index contributed by atoms with van der Waals surface area (Å²) in [5.74, 6) is 0.176. The van der Waals surface area contributed by atoms with E-state index in [1.165, 1.54) is 24.6 Å². The molecular weight excluding hydrogens is 140 g/mol. The molecule has 0 fully saturated rings. The van der Waals surface area contributed by atoms with Crippen molar-refractivity contribution >= 4 is 0 Å². The number of hydrogen-bond acceptors (Lipinski definition) is 2. The summed E-state index contributed by atoms with van der Waals surface area (Å²) in [6, 6.07) is 5.85. The van der Waals surface area contributed by atoms with Crippen LogP contribution in [0.2, 0.25) is 0 Å². The summed E-state index contributed by atoms with van der Waals surface area (Å²) < 4.78 is 0. The van der Waals surface area contributed by atoms with Crippen molar-refractivity contribution in [1.29, 1.82) is 0 Å². The standard InChI is InChI=1S/C6H6O2.C3H8/c7-5-2-1-3-6(8)4-5;1-3-2/h1-4,7-8H;3H2,1-2H3. The Bertz CT molecular complexity index is 179. The van der Waals surface area contributed by atoms with E-state index in [0.717, 1.165) is 0 Å². The Morgan fingerprint density at radius 2 is 1.45 bits per heavy atom. The third-order valence-corrected chi connectivity index (χ3v) is 0.830. The molecule has 0 radical (unpaired) electrons. The Labute approximate surface area is 67.1 Å². The van der Waals surface area contributed by atoms with Crippen molar-refractivity contribution in [1.82, 2.24) is 0 Å². The van der Waals surface area contributed by atoms with E-state index >= 15 is 0 Å². The molecule has 0 heterocycles. The molecule has 0 bridgehead atoms. The second-order valence-electron chi connectivity index (χ2n) is 2.23. The fourth-order valence-corrected chi connectivity index (χ4v) is 0.493. The number of aromatic hydroxyl groups is 2. The van der Waals surface area contributed by atoms with Gasteiger partial charge in [-0.15, -0.1) is 0 Å². The highest BCUT2D eigenvalue weighted by Crippen LogP contribution is 2.14. The van der Waals surface area contributed by atoms with E-state index in [2.05, 4.69) is 13.8 Å². The molecule has 0 amide bonds. The SMILES string of the molecule is CCC.Oc1cccc(O)c1. The fraction of sp³-hybridized carbons (Fsp3) is 0.333. The minimum atomic E-state index is 0.0880. The number of rotatable bonds is 0. The van der Waals surface area contributed by atoms with Crippen LogP contribution in [0.15, 0.2) is 24.3 Å². The average Bonchev–Trinajstić information content (AvgIpc) is 1.88. The van der Waals surface area contributed by atoms with E-state index in [0.29, 0.717) is 0 Å². The first-order valence-corrected chi connectivity index (χ1v) is 3.68. The van der Waals surface area contributed by atoms with Gasteiger partial charge in [0.15, 0.2) is 0 Å². The molecular formula is C9H14O2. The smallest absolute Gasteiger partial charge is 0.119 e. The van der Waals surface area contributed by atoms with Crippen molar-refractivity contribution in [3.8, 4) is 11.5 Å². The summed E-state index contributed by atoms with van der Waals surface area (Å²) in [7, 11) is 0. The van der Waals surface area contributed by atoms with Gasteiger partial charge in [0.25, 0.3) is 0 Å². The molecule has 0 saturated heterocycles. The maximum atomic E-state index is 8.65. The Balaban J connectivity index is 0.000000292. The molecule has 0 atom stereocenters. The Morgan fingerprint density at radius 1 is 1.09 bits per heavy atom. The van der Waals surface area contributed by atoms with Crippen LogP contribution in [-0.2, 0) is 0 Å². The maximum absolute atomic E-state index is 8.65. The first-order valence-electron chi connectivity index (χ1n) is 3.68. The topological polar surface area (TPSA) is 40.5 Å². The molecule has 2 N–H and O–H groups in total. The lowest BCUT2D eigenvalue weighted by Crippen LogP contribution is -1.61. The predicted molar refractivity (Wildman–Crippen MR) is 45.7 cm³/mol. The molecule has 0 aliphatic carbocycles. The average molecular weight is 154 g/mol. The monoisotopic (exact) mass is 154 g/mol. The van der Waals surface area contributed by atoms with Crippen LogP contribution in [0, 0.1) is 0 Å². The minimum absolute atomic E-state index is 0.0880. The Morgan fingerprint density at radius 3 is 1.64 bits per heavy atom. The van der Waals surface area contributed by atoms with Crippen molar-refractivity contribution in [2.75, 3.05) is 0 Å². The first kappa shape index (κ1) is 9.82. The van der Waals surface area contributed by atoms with Crippen LogP contribution >= 0.6 is 0 Å². The number of benzene rings is 1. The van der Waals surface area contributed by atoms with Crippen LogP contribution in [0.25, 0.3) is 0 Å². The van der Waals surface area contributed by atoms with Gasteiger partial charge in [-0.1, -0.05) is 26.3 Å². The molecule has 1 aromatic rings. The van der Waals surface area contributed by atoms with Gasteiger partial charge in [-0.3, -0.25) is 0 Å². The van der Waals surface area contributed by atoms with Crippen LogP contribution in [0.1, 0.15) is 20.3 Å². The molecule has 0 unspecified atom stereocenters. The summed E-state index contributed by atoms with van der Waals surface area (Å²) in [6.45, 7) is 4.25. The van der Waals surface area contributed by atoms with Crippen molar-refractivity contribution in [3.05, 3.63) is 24.3 Å². The summed E-state index contributed by atoms with van der Waals surface area (Å²) in [5.41, 5.74) is 0. The highest BCUT2D eigenvalue weighted by Gasteiger charge is 1.85. The third kappa shape index (κ3) is 5.27. The molecule has 0 aromatic heterocycles. The van der Waals surface area contributed by atoms with Gasteiger partial charge < -0.3 is 10.2 Å². The molecule has 1 aromatic carbocycles. The van der Waals surface area contributed by atoms with E-state index in [1.54, 1.807) is 6.07 Å². The fourth-order valence-electron chi connectivity index (χ4n) is 0.493. The summed E-state index contributed by atoms with van der Waals surface area (Å²) in [5, 5.41) is 17.3. The van der Waals surface area contributed by atoms with Crippen LogP contribution in [-0.4, -0.2) is 10.2 Å². The van der Waals surface area contributed by atoms with Crippen LogP contribution in [0.5, 0.6) is 11.5 Å². The van der Waals surface area contributed by atoms with Gasteiger partial charge in [-0.2, -0.15) is 0 Å². The van der Waals surface area contributed by atoms with Crippen molar-refractivity contribution in [2.24, 2.45) is 0 Å². The predicted octanol–water partition coefficient (Wildman–Crippen LogP) is 2.51. The van der Waals surface area contributed by atoms with E-state index in [9.17, 15) is 0 Å². The maximum Gasteiger partial charge on any atom is 0.119 e. The normalized spacial score (nSPS) is 8.18. The van der Waals surface area contributed by atoms with Gasteiger partial charge in [-0.25, -0.2) is 0 Å². The lowest BCUT2D eigenvalue weighted by molar-refractivity contribution is 0.450. The molecule has 2 heteroatoms. The Kier molecular flexibility index (Phi) is 4.99. The van der Waals surface area contributed by atoms with Gasteiger partial charge >= 0.3 is 0 Å². The highest BCUT2D eigenvalue weighted by molar-refractivity contribution is 5.30. The van der Waals surface area contributed by atoms with Gasteiger partial charge in [0.05, 0.1) is 0 Å². The summed E-state index contributed by atoms with van der Waals surface area (Å²) in [6.07, 6.45) is 1.25. The quantitative estimate of drug-likeness (QED) is 0.602. The van der Waals surface area contributed by atoms with Crippen LogP contribution in [0.3, 0.4) is 0 Å². The van der Waals surface area contributed by atoms with Crippen LogP contribution < -0.4 is 0 Å². The lowest BCUT2D eigenvalue weighted by atomic mass is 10.3. The van der Waals surface area contributed by atoms with E-state index in [-0.39, 0.29) is 11.5 Å². The number of hydrogen-bond donors (Lipinski definition) is 2. The molecule has 0 spiro atoms. The van der Waals surface area contributed by atoms with Crippen molar-refractivity contribution in [2.45, 2.75) is 20.3 Å². The first-order chi connectivity index (χ1) is 5.20. The number of phenols is 2. The largest absolute Gasteiger partial charge is 0.508 e. The van der Waals surface area contributed by atoms with Gasteiger partial charge in [0.1, 0.15) is 11.5 Å². The van der Waals surface area contributed by atoms with Crippen molar-refractivity contribution in [3.63, 3.8) is 0 Å². The number of phenolic OH excluding ortho intramolecular Hbond substituents is 2. The zero-order valence-corrected chi connectivity index (χ0v) is 6.91. The van der Waals surface area contributed by atoms with Gasteiger partial charge in [0, 0.05) is 6.07 Å². The van der Waals surface area contributed by atoms with Crippen molar-refractivity contribution < 1.29 is 10.2 Å². The van der Waals surface area contributed by atoms with Gasteiger partial charge in [-0.05, 0) is 12.1 Å². The minimum Gasteiger partial charge on any atom is -0.508 e. The summed E-state index contributed by atoms with van der Waals surface area (Å²) >= 11 is 0. The second-order valence-corrected chi connectivity index (χ2v) is 2.23. The Hall–Kier alpha value is -1.18. The molecule has 0 saturated carbocycles. The van der Waals surface area contributed by atoms with E-state index < -0.39 is 0 Å². The van der Waals surface area contributed by atoms with E-state index in [1.807, 2.05) is 0 Å². The highest BCUT2D eigenvalue weighted by atomic mass is 16.3. The molecule has 0 aliphatic rings. The zero-order valence-electron chi connectivity index (χ0n) is 6.91. The van der Waals surface area contributed by atoms with Gasteiger partial charge in [0.2, 0.25) is 0 Å². The van der Waals surface area contributed by atoms with Crippen LogP contribution in [0.4, 0.5) is 0 Å². The molecule has 1 rings (SSSR count). The zero-order chi connectivity index (χ0) is 8.69. The van der Waals surface area contributed by atoms with E-state index in [4.69, 9.17) is 10.2 Å². The molecule has 0 aliphatic heterocycles. The molecule has 62 valence electrons. The molecule has 11 heavy (non-hydrogen) atoms. The molecule has 2 nitrogen and oxygen atoms in total. The third-order valence-electron chi connectivity index (χ3n) is 0.830.